The number of benzene rings is 2. The van der Waals surface area contributed by atoms with E-state index < -0.39 is 0 Å². The van der Waals surface area contributed by atoms with Crippen LogP contribution in [0.15, 0.2) is 48.5 Å². The van der Waals surface area contributed by atoms with Gasteiger partial charge in [-0.1, -0.05) is 30.3 Å². The van der Waals surface area contributed by atoms with Crippen molar-refractivity contribution in [2.75, 3.05) is 31.6 Å². The molecule has 0 saturated carbocycles. The second-order valence-corrected chi connectivity index (χ2v) is 7.97. The lowest BCUT2D eigenvalue weighted by Crippen LogP contribution is -2.48. The lowest BCUT2D eigenvalue weighted by molar-refractivity contribution is -0.324. The standard InChI is InChI=1S/C23H26FN3O2/c24-18-12-17-13-21(16-4-2-1-3-5-16)26-23(17)22(14-18)25-19-6-9-27(10-7-19)20-8-11-28-29-15-20/h1-5,12-14,19-20,25-26H,6-11,15H2. The Balaban J connectivity index is 1.32. The SMILES string of the molecule is Fc1cc(NC2CCN(C3CCOOC3)CC2)c2[nH]c(-c3ccccc3)cc2c1. The minimum absolute atomic E-state index is 0.213. The van der Waals surface area contributed by atoms with Crippen molar-refractivity contribution >= 4 is 16.6 Å². The molecule has 1 atom stereocenters. The van der Waals surface area contributed by atoms with E-state index in [-0.39, 0.29) is 5.82 Å². The molecule has 2 aliphatic heterocycles. The molecule has 6 heteroatoms. The molecular formula is C23H26FN3O2. The summed E-state index contributed by atoms with van der Waals surface area (Å²) < 4.78 is 14.3. The van der Waals surface area contributed by atoms with Crippen molar-refractivity contribution in [3.63, 3.8) is 0 Å². The van der Waals surface area contributed by atoms with Gasteiger partial charge >= 0.3 is 0 Å². The molecule has 2 saturated heterocycles. The van der Waals surface area contributed by atoms with Gasteiger partial charge in [-0.3, -0.25) is 4.90 Å². The molecule has 2 aromatic carbocycles. The molecular weight excluding hydrogens is 369 g/mol. The Kier molecular flexibility index (Phi) is 5.23. The highest BCUT2D eigenvalue weighted by Crippen LogP contribution is 2.31. The number of aromatic amines is 1. The van der Waals surface area contributed by atoms with Crippen molar-refractivity contribution in [3.8, 4) is 11.3 Å². The summed E-state index contributed by atoms with van der Waals surface area (Å²) in [6.45, 7) is 3.35. The van der Waals surface area contributed by atoms with E-state index in [2.05, 4.69) is 27.3 Å². The molecule has 0 amide bonds. The molecule has 0 radical (unpaired) electrons. The third-order valence-corrected chi connectivity index (χ3v) is 6.06. The minimum atomic E-state index is -0.213. The Hall–Kier alpha value is -2.41. The molecule has 2 fully saturated rings. The number of nitrogens with zero attached hydrogens (tertiary/aromatic N) is 1. The molecule has 152 valence electrons. The van der Waals surface area contributed by atoms with Crippen LogP contribution >= 0.6 is 0 Å². The number of rotatable bonds is 4. The van der Waals surface area contributed by atoms with Gasteiger partial charge in [0.05, 0.1) is 24.4 Å². The molecule has 2 aliphatic rings. The van der Waals surface area contributed by atoms with Gasteiger partial charge in [-0.05, 0) is 43.0 Å². The fourth-order valence-corrected chi connectivity index (χ4v) is 4.46. The van der Waals surface area contributed by atoms with E-state index in [0.717, 1.165) is 60.2 Å². The summed E-state index contributed by atoms with van der Waals surface area (Å²) in [6, 6.07) is 16.1. The van der Waals surface area contributed by atoms with E-state index >= 15 is 0 Å². The zero-order valence-electron chi connectivity index (χ0n) is 16.4. The van der Waals surface area contributed by atoms with Crippen LogP contribution in [0.5, 0.6) is 0 Å². The lowest BCUT2D eigenvalue weighted by Gasteiger charge is -2.39. The van der Waals surface area contributed by atoms with Crippen LogP contribution in [-0.2, 0) is 9.78 Å². The molecule has 5 nitrogen and oxygen atoms in total. The van der Waals surface area contributed by atoms with Crippen LogP contribution in [0.25, 0.3) is 22.2 Å². The van der Waals surface area contributed by atoms with Crippen molar-refractivity contribution in [1.29, 1.82) is 0 Å². The molecule has 29 heavy (non-hydrogen) atoms. The van der Waals surface area contributed by atoms with E-state index in [4.69, 9.17) is 9.78 Å². The molecule has 1 unspecified atom stereocenters. The summed E-state index contributed by atoms with van der Waals surface area (Å²) in [6.07, 6.45) is 3.08. The van der Waals surface area contributed by atoms with Crippen LogP contribution in [0.1, 0.15) is 19.3 Å². The van der Waals surface area contributed by atoms with Gasteiger partial charge in [-0.2, -0.15) is 0 Å². The van der Waals surface area contributed by atoms with Crippen molar-refractivity contribution in [2.45, 2.75) is 31.3 Å². The summed E-state index contributed by atoms with van der Waals surface area (Å²) in [5.74, 6) is -0.213. The number of anilines is 1. The highest BCUT2D eigenvalue weighted by Gasteiger charge is 2.27. The average molecular weight is 395 g/mol. The van der Waals surface area contributed by atoms with E-state index in [9.17, 15) is 4.39 Å². The van der Waals surface area contributed by atoms with Gasteiger partial charge in [0.15, 0.2) is 0 Å². The Morgan fingerprint density at radius 3 is 2.59 bits per heavy atom. The number of aromatic nitrogens is 1. The number of likely N-dealkylation sites (tertiary alicyclic amines) is 1. The summed E-state index contributed by atoms with van der Waals surface area (Å²) in [5, 5.41) is 4.49. The topological polar surface area (TPSA) is 49.5 Å². The fourth-order valence-electron chi connectivity index (χ4n) is 4.46. The Bertz CT molecular complexity index is 961. The van der Waals surface area contributed by atoms with Gasteiger partial charge in [0.1, 0.15) is 5.82 Å². The molecule has 0 aliphatic carbocycles. The highest BCUT2D eigenvalue weighted by molar-refractivity contribution is 5.95. The first-order chi connectivity index (χ1) is 14.3. The van der Waals surface area contributed by atoms with Gasteiger partial charge in [-0.15, -0.1) is 0 Å². The third kappa shape index (κ3) is 4.01. The number of H-pyrrole nitrogens is 1. The Morgan fingerprint density at radius 1 is 1.00 bits per heavy atom. The summed E-state index contributed by atoms with van der Waals surface area (Å²) >= 11 is 0. The van der Waals surface area contributed by atoms with Crippen molar-refractivity contribution in [2.24, 2.45) is 0 Å². The summed E-state index contributed by atoms with van der Waals surface area (Å²) in [5.41, 5.74) is 3.91. The molecule has 0 bridgehead atoms. The second-order valence-electron chi connectivity index (χ2n) is 7.97. The van der Waals surface area contributed by atoms with Gasteiger partial charge in [0.2, 0.25) is 0 Å². The van der Waals surface area contributed by atoms with E-state index in [1.165, 1.54) is 0 Å². The fraction of sp³-hybridized carbons (Fsp3) is 0.391. The smallest absolute Gasteiger partial charge is 0.126 e. The predicted molar refractivity (Wildman–Crippen MR) is 112 cm³/mol. The Labute approximate surface area is 169 Å². The van der Waals surface area contributed by atoms with E-state index in [1.54, 1.807) is 12.1 Å². The van der Waals surface area contributed by atoms with Gasteiger partial charge in [-0.25, -0.2) is 14.2 Å². The second kappa shape index (κ2) is 8.14. The van der Waals surface area contributed by atoms with E-state index in [1.807, 2.05) is 24.3 Å². The van der Waals surface area contributed by atoms with Crippen LogP contribution in [-0.4, -0.2) is 48.3 Å². The van der Waals surface area contributed by atoms with Gasteiger partial charge in [0, 0.05) is 36.3 Å². The van der Waals surface area contributed by atoms with Crippen LogP contribution in [0.2, 0.25) is 0 Å². The molecule has 3 heterocycles. The van der Waals surface area contributed by atoms with Crippen molar-refractivity contribution in [3.05, 3.63) is 54.3 Å². The maximum atomic E-state index is 14.3. The number of halogens is 1. The summed E-state index contributed by atoms with van der Waals surface area (Å²) in [7, 11) is 0. The first-order valence-electron chi connectivity index (χ1n) is 10.4. The first kappa shape index (κ1) is 18.6. The van der Waals surface area contributed by atoms with Crippen molar-refractivity contribution in [1.82, 2.24) is 9.88 Å². The maximum Gasteiger partial charge on any atom is 0.126 e. The quantitative estimate of drug-likeness (QED) is 0.636. The van der Waals surface area contributed by atoms with Gasteiger partial charge < -0.3 is 10.3 Å². The Morgan fingerprint density at radius 2 is 1.83 bits per heavy atom. The van der Waals surface area contributed by atoms with Crippen molar-refractivity contribution < 1.29 is 14.2 Å². The average Bonchev–Trinajstić information content (AvgIpc) is 3.20. The number of hydrogen-bond donors (Lipinski definition) is 2. The highest BCUT2D eigenvalue weighted by atomic mass is 19.1. The maximum absolute atomic E-state index is 14.3. The minimum Gasteiger partial charge on any atom is -0.380 e. The predicted octanol–water partition coefficient (Wildman–Crippen LogP) is 4.57. The molecule has 0 spiro atoms. The zero-order valence-corrected chi connectivity index (χ0v) is 16.4. The van der Waals surface area contributed by atoms with Crippen LogP contribution in [0.3, 0.4) is 0 Å². The van der Waals surface area contributed by atoms with Crippen LogP contribution in [0.4, 0.5) is 10.1 Å². The number of nitrogens with one attached hydrogen (secondary N) is 2. The molecule has 2 N–H and O–H groups in total. The zero-order chi connectivity index (χ0) is 19.6. The molecule has 1 aromatic heterocycles. The number of hydrogen-bond acceptors (Lipinski definition) is 4. The molecule has 5 rings (SSSR count). The molecule has 3 aromatic rings. The lowest BCUT2D eigenvalue weighted by atomic mass is 10.0. The van der Waals surface area contributed by atoms with E-state index in [0.29, 0.717) is 25.3 Å². The summed E-state index contributed by atoms with van der Waals surface area (Å²) in [4.78, 5) is 16.1. The van der Waals surface area contributed by atoms with Crippen LogP contribution < -0.4 is 5.32 Å². The largest absolute Gasteiger partial charge is 0.380 e. The first-order valence-corrected chi connectivity index (χ1v) is 10.4. The number of fused-ring (bicyclic) bond motifs is 1. The van der Waals surface area contributed by atoms with Crippen LogP contribution in [0, 0.1) is 5.82 Å². The number of piperidine rings is 1. The third-order valence-electron chi connectivity index (χ3n) is 6.06. The van der Waals surface area contributed by atoms with Gasteiger partial charge in [0.25, 0.3) is 0 Å². The normalized spacial score (nSPS) is 21.5. The monoisotopic (exact) mass is 395 g/mol.